The smallest absolute Gasteiger partial charge is 0.275 e. The zero-order valence-corrected chi connectivity index (χ0v) is 8.59. The molecule has 0 fully saturated rings. The molecule has 0 saturated carbocycles. The van der Waals surface area contributed by atoms with Crippen molar-refractivity contribution in [1.29, 1.82) is 0 Å². The van der Waals surface area contributed by atoms with E-state index in [0.29, 0.717) is 5.56 Å². The van der Waals surface area contributed by atoms with Gasteiger partial charge < -0.3 is 0 Å². The molecule has 0 amide bonds. The van der Waals surface area contributed by atoms with Gasteiger partial charge in [-0.05, 0) is 30.7 Å². The Morgan fingerprint density at radius 1 is 1.50 bits per heavy atom. The Balaban J connectivity index is 3.52. The van der Waals surface area contributed by atoms with E-state index in [1.165, 1.54) is 19.1 Å². The van der Waals surface area contributed by atoms with Crippen molar-refractivity contribution in [3.05, 3.63) is 38.4 Å². The predicted molar refractivity (Wildman–Crippen MR) is 53.0 cm³/mol. The summed E-state index contributed by atoms with van der Waals surface area (Å²) in [7, 11) is 0. The fourth-order valence-electron chi connectivity index (χ4n) is 1.13. The number of carbonyl (C=O) groups is 1. The van der Waals surface area contributed by atoms with Crippen LogP contribution in [-0.4, -0.2) is 10.2 Å². The maximum absolute atomic E-state index is 10.9. The monoisotopic (exact) mass is 233 g/mol. The van der Waals surface area contributed by atoms with E-state index in [9.17, 15) is 14.9 Å². The number of carbonyl (C=O) groups excluding carboxylic acids is 1. The molecule has 0 unspecified atom stereocenters. The molecule has 14 heavy (non-hydrogen) atoms. The molecular weight excluding hydrogens is 229 g/mol. The summed E-state index contributed by atoms with van der Waals surface area (Å²) in [6, 6.07) is 2.59. The molecule has 74 valence electrons. The molecule has 0 radical (unpaired) electrons. The molecule has 0 heterocycles. The molecule has 0 atom stereocenters. The third kappa shape index (κ3) is 2.02. The van der Waals surface area contributed by atoms with Gasteiger partial charge >= 0.3 is 0 Å². The number of nitro groups is 1. The summed E-state index contributed by atoms with van der Waals surface area (Å²) in [5.74, 6) is 0. The lowest BCUT2D eigenvalue weighted by Crippen LogP contribution is -2.00. The number of nitrogens with zero attached hydrogens (tertiary/aromatic N) is 1. The Morgan fingerprint density at radius 2 is 2.07 bits per heavy atom. The van der Waals surface area contributed by atoms with Crippen LogP contribution in [0.5, 0.6) is 0 Å². The quantitative estimate of drug-likeness (QED) is 0.449. The number of hydrogen-bond donors (Lipinski definition) is 0. The second-order valence-corrected chi connectivity index (χ2v) is 3.43. The number of nitro benzene ring substituents is 1. The van der Waals surface area contributed by atoms with E-state index in [0.717, 1.165) is 0 Å². The molecule has 1 aromatic rings. The van der Waals surface area contributed by atoms with Gasteiger partial charge in [-0.1, -0.05) is 11.6 Å². The zero-order chi connectivity index (χ0) is 10.9. The van der Waals surface area contributed by atoms with Gasteiger partial charge in [0.25, 0.3) is 10.9 Å². The van der Waals surface area contributed by atoms with Crippen LogP contribution < -0.4 is 0 Å². The van der Waals surface area contributed by atoms with Crippen LogP contribution in [0.3, 0.4) is 0 Å². The highest BCUT2D eigenvalue weighted by Crippen LogP contribution is 2.28. The van der Waals surface area contributed by atoms with E-state index < -0.39 is 10.2 Å². The van der Waals surface area contributed by atoms with Gasteiger partial charge in [0.05, 0.1) is 4.92 Å². The second-order valence-electron chi connectivity index (χ2n) is 2.65. The maximum Gasteiger partial charge on any atom is 0.284 e. The minimum absolute atomic E-state index is 0.179. The molecular formula is C8H5Cl2NO3. The van der Waals surface area contributed by atoms with Gasteiger partial charge in [-0.15, -0.1) is 0 Å². The molecule has 0 aliphatic heterocycles. The summed E-state index contributed by atoms with van der Waals surface area (Å²) in [5.41, 5.74) is -0.164. The summed E-state index contributed by atoms with van der Waals surface area (Å²) in [4.78, 5) is 20.8. The van der Waals surface area contributed by atoms with Crippen LogP contribution in [0.25, 0.3) is 0 Å². The van der Waals surface area contributed by atoms with E-state index >= 15 is 0 Å². The van der Waals surface area contributed by atoms with Gasteiger partial charge in [0.2, 0.25) is 0 Å². The molecule has 0 N–H and O–H groups in total. The summed E-state index contributed by atoms with van der Waals surface area (Å²) in [5, 5.41) is 9.97. The van der Waals surface area contributed by atoms with Gasteiger partial charge in [-0.2, -0.15) is 0 Å². The lowest BCUT2D eigenvalue weighted by Gasteiger charge is -2.01. The topological polar surface area (TPSA) is 60.2 Å². The number of rotatable bonds is 2. The number of aryl methyl sites for hydroxylation is 1. The van der Waals surface area contributed by atoms with Crippen LogP contribution in [0.2, 0.25) is 5.02 Å². The molecule has 6 heteroatoms. The molecule has 0 aliphatic carbocycles. The summed E-state index contributed by atoms with van der Waals surface area (Å²) in [6.45, 7) is 1.49. The molecule has 0 aliphatic rings. The minimum atomic E-state index is -0.887. The summed E-state index contributed by atoms with van der Waals surface area (Å²) in [6.07, 6.45) is 0. The zero-order valence-electron chi connectivity index (χ0n) is 7.08. The van der Waals surface area contributed by atoms with Gasteiger partial charge in [-0.3, -0.25) is 14.9 Å². The Bertz CT molecular complexity index is 417. The number of benzene rings is 1. The highest BCUT2D eigenvalue weighted by Gasteiger charge is 2.22. The standard InChI is InChI=1S/C8H5Cl2NO3/c1-4-2-5(9)3-6(8(10)12)7(4)11(13)14/h2-3H,1H3. The average molecular weight is 234 g/mol. The van der Waals surface area contributed by atoms with Crippen LogP contribution >= 0.6 is 23.2 Å². The molecule has 0 saturated heterocycles. The number of halogens is 2. The molecule has 0 bridgehead atoms. The Kier molecular flexibility index (Phi) is 3.08. The minimum Gasteiger partial charge on any atom is -0.275 e. The van der Waals surface area contributed by atoms with Gasteiger partial charge in [0.1, 0.15) is 5.56 Å². The van der Waals surface area contributed by atoms with E-state index in [1.807, 2.05) is 0 Å². The first-order chi connectivity index (χ1) is 6.43. The Labute approximate surface area is 89.6 Å². The first-order valence-corrected chi connectivity index (χ1v) is 4.33. The van der Waals surface area contributed by atoms with Crippen molar-refractivity contribution in [3.8, 4) is 0 Å². The van der Waals surface area contributed by atoms with E-state index in [2.05, 4.69) is 0 Å². The van der Waals surface area contributed by atoms with Crippen LogP contribution in [-0.2, 0) is 0 Å². The highest BCUT2D eigenvalue weighted by molar-refractivity contribution is 6.68. The average Bonchev–Trinajstić information content (AvgIpc) is 2.01. The van der Waals surface area contributed by atoms with E-state index in [4.69, 9.17) is 23.2 Å². The van der Waals surface area contributed by atoms with Crippen molar-refractivity contribution < 1.29 is 9.72 Å². The van der Waals surface area contributed by atoms with E-state index in [1.54, 1.807) is 0 Å². The number of hydrogen-bond acceptors (Lipinski definition) is 3. The third-order valence-electron chi connectivity index (χ3n) is 1.66. The lowest BCUT2D eigenvalue weighted by molar-refractivity contribution is -0.385. The molecule has 1 rings (SSSR count). The fourth-order valence-corrected chi connectivity index (χ4v) is 1.54. The van der Waals surface area contributed by atoms with Crippen LogP contribution in [0.4, 0.5) is 5.69 Å². The van der Waals surface area contributed by atoms with Crippen molar-refractivity contribution in [3.63, 3.8) is 0 Å². The van der Waals surface area contributed by atoms with Crippen LogP contribution in [0, 0.1) is 17.0 Å². The highest BCUT2D eigenvalue weighted by atomic mass is 35.5. The first-order valence-electron chi connectivity index (χ1n) is 3.58. The van der Waals surface area contributed by atoms with Crippen molar-refractivity contribution in [2.45, 2.75) is 6.92 Å². The van der Waals surface area contributed by atoms with E-state index in [-0.39, 0.29) is 16.3 Å². The SMILES string of the molecule is Cc1cc(Cl)cc(C(=O)Cl)c1[N+](=O)[O-]. The Hall–Kier alpha value is -1.13. The summed E-state index contributed by atoms with van der Waals surface area (Å²) >= 11 is 10.8. The molecule has 0 aromatic heterocycles. The first kappa shape index (κ1) is 10.9. The van der Waals surface area contributed by atoms with Crippen LogP contribution in [0.1, 0.15) is 15.9 Å². The third-order valence-corrected chi connectivity index (χ3v) is 2.08. The predicted octanol–water partition coefficient (Wildman–Crippen LogP) is 2.94. The molecule has 0 spiro atoms. The van der Waals surface area contributed by atoms with Crippen molar-refractivity contribution in [2.24, 2.45) is 0 Å². The van der Waals surface area contributed by atoms with Crippen molar-refractivity contribution in [2.75, 3.05) is 0 Å². The largest absolute Gasteiger partial charge is 0.284 e. The molecule has 4 nitrogen and oxygen atoms in total. The van der Waals surface area contributed by atoms with Crippen molar-refractivity contribution in [1.82, 2.24) is 0 Å². The Morgan fingerprint density at radius 3 is 2.50 bits per heavy atom. The second kappa shape index (κ2) is 3.94. The fraction of sp³-hybridized carbons (Fsp3) is 0.125. The van der Waals surface area contributed by atoms with Crippen molar-refractivity contribution >= 4 is 34.1 Å². The van der Waals surface area contributed by atoms with Gasteiger partial charge in [0, 0.05) is 10.6 Å². The van der Waals surface area contributed by atoms with Gasteiger partial charge in [-0.25, -0.2) is 0 Å². The maximum atomic E-state index is 10.9. The molecule has 1 aromatic carbocycles. The summed E-state index contributed by atoms with van der Waals surface area (Å²) < 4.78 is 0. The van der Waals surface area contributed by atoms with Gasteiger partial charge in [0.15, 0.2) is 0 Å². The van der Waals surface area contributed by atoms with Crippen LogP contribution in [0.15, 0.2) is 12.1 Å². The normalized spacial score (nSPS) is 9.93. The lowest BCUT2D eigenvalue weighted by atomic mass is 10.1.